The predicted octanol–water partition coefficient (Wildman–Crippen LogP) is 2.13. The SMILES string of the molecule is Cc1c(OCC#N)ccc(Cl)c1N. The van der Waals surface area contributed by atoms with E-state index in [0.717, 1.165) is 5.56 Å². The highest BCUT2D eigenvalue weighted by atomic mass is 35.5. The minimum atomic E-state index is 0.0158. The van der Waals surface area contributed by atoms with Gasteiger partial charge in [-0.1, -0.05) is 11.6 Å². The van der Waals surface area contributed by atoms with Gasteiger partial charge in [0.15, 0.2) is 6.61 Å². The van der Waals surface area contributed by atoms with E-state index in [1.54, 1.807) is 19.1 Å². The van der Waals surface area contributed by atoms with Crippen molar-refractivity contribution in [3.63, 3.8) is 0 Å². The summed E-state index contributed by atoms with van der Waals surface area (Å²) in [6.07, 6.45) is 0. The largest absolute Gasteiger partial charge is 0.478 e. The van der Waals surface area contributed by atoms with Gasteiger partial charge in [0.25, 0.3) is 0 Å². The molecule has 1 aromatic carbocycles. The summed E-state index contributed by atoms with van der Waals surface area (Å²) in [6.45, 7) is 1.82. The lowest BCUT2D eigenvalue weighted by atomic mass is 10.2. The molecule has 1 aromatic rings. The van der Waals surface area contributed by atoms with Gasteiger partial charge in [-0.3, -0.25) is 0 Å². The summed E-state index contributed by atoms with van der Waals surface area (Å²) in [5.74, 6) is 0.600. The number of benzene rings is 1. The van der Waals surface area contributed by atoms with Gasteiger partial charge in [0.05, 0.1) is 10.7 Å². The molecule has 3 nitrogen and oxygen atoms in total. The summed E-state index contributed by atoms with van der Waals surface area (Å²) in [5.41, 5.74) is 6.92. The lowest BCUT2D eigenvalue weighted by Gasteiger charge is -2.08. The van der Waals surface area contributed by atoms with Crippen LogP contribution in [0.5, 0.6) is 5.75 Å². The van der Waals surface area contributed by atoms with Crippen molar-refractivity contribution in [1.82, 2.24) is 0 Å². The zero-order valence-corrected chi connectivity index (χ0v) is 7.93. The van der Waals surface area contributed by atoms with Crippen LogP contribution >= 0.6 is 11.6 Å². The number of anilines is 1. The van der Waals surface area contributed by atoms with Crippen LogP contribution in [0.15, 0.2) is 12.1 Å². The van der Waals surface area contributed by atoms with Crippen molar-refractivity contribution in [3.8, 4) is 11.8 Å². The van der Waals surface area contributed by atoms with Crippen LogP contribution in [-0.4, -0.2) is 6.61 Å². The first-order valence-electron chi connectivity index (χ1n) is 3.71. The van der Waals surface area contributed by atoms with Gasteiger partial charge in [-0.15, -0.1) is 0 Å². The van der Waals surface area contributed by atoms with Gasteiger partial charge in [0, 0.05) is 5.56 Å². The molecule has 68 valence electrons. The molecule has 0 fully saturated rings. The first-order chi connectivity index (χ1) is 6.16. The van der Waals surface area contributed by atoms with Crippen LogP contribution in [0.3, 0.4) is 0 Å². The van der Waals surface area contributed by atoms with Crippen molar-refractivity contribution in [2.24, 2.45) is 0 Å². The Morgan fingerprint density at radius 1 is 1.62 bits per heavy atom. The Hall–Kier alpha value is -1.40. The number of nitrogens with zero attached hydrogens (tertiary/aromatic N) is 1. The molecule has 4 heteroatoms. The average Bonchev–Trinajstić information content (AvgIpc) is 2.13. The van der Waals surface area contributed by atoms with Gasteiger partial charge in [-0.25, -0.2) is 0 Å². The Bertz CT molecular complexity index is 357. The molecule has 2 N–H and O–H groups in total. The number of hydrogen-bond donors (Lipinski definition) is 1. The zero-order valence-electron chi connectivity index (χ0n) is 7.17. The topological polar surface area (TPSA) is 59.0 Å². The smallest absolute Gasteiger partial charge is 0.174 e. The molecule has 0 atom stereocenters. The van der Waals surface area contributed by atoms with Crippen molar-refractivity contribution in [2.75, 3.05) is 12.3 Å². The van der Waals surface area contributed by atoms with Gasteiger partial charge < -0.3 is 10.5 Å². The van der Waals surface area contributed by atoms with Crippen LogP contribution < -0.4 is 10.5 Å². The minimum absolute atomic E-state index is 0.0158. The van der Waals surface area contributed by atoms with E-state index in [9.17, 15) is 0 Å². The molecular formula is C9H9ClN2O. The Kier molecular flexibility index (Phi) is 2.99. The van der Waals surface area contributed by atoms with Gasteiger partial charge in [0.1, 0.15) is 11.8 Å². The molecule has 0 aromatic heterocycles. The lowest BCUT2D eigenvalue weighted by molar-refractivity contribution is 0.366. The maximum absolute atomic E-state index is 8.31. The molecule has 0 saturated heterocycles. The molecule has 1 rings (SSSR count). The molecule has 0 aliphatic carbocycles. The zero-order chi connectivity index (χ0) is 9.84. The second-order valence-corrected chi connectivity index (χ2v) is 2.94. The van der Waals surface area contributed by atoms with E-state index in [1.165, 1.54) is 0 Å². The fourth-order valence-electron chi connectivity index (χ4n) is 0.942. The third kappa shape index (κ3) is 2.04. The highest BCUT2D eigenvalue weighted by Crippen LogP contribution is 2.29. The summed E-state index contributed by atoms with van der Waals surface area (Å²) in [7, 11) is 0. The molecule has 13 heavy (non-hydrogen) atoms. The summed E-state index contributed by atoms with van der Waals surface area (Å²) in [4.78, 5) is 0. The standard InChI is InChI=1S/C9H9ClN2O/c1-6-8(13-5-4-11)3-2-7(10)9(6)12/h2-3H,5,12H2,1H3. The fourth-order valence-corrected chi connectivity index (χ4v) is 1.15. The Morgan fingerprint density at radius 2 is 2.31 bits per heavy atom. The molecule has 0 saturated carbocycles. The summed E-state index contributed by atoms with van der Waals surface area (Å²) in [5, 5.41) is 8.81. The summed E-state index contributed by atoms with van der Waals surface area (Å²) in [6, 6.07) is 5.23. The average molecular weight is 197 g/mol. The lowest BCUT2D eigenvalue weighted by Crippen LogP contribution is -1.98. The number of rotatable bonds is 2. The molecule has 0 bridgehead atoms. The van der Waals surface area contributed by atoms with E-state index in [0.29, 0.717) is 16.5 Å². The number of halogens is 1. The van der Waals surface area contributed by atoms with Crippen LogP contribution in [0.4, 0.5) is 5.69 Å². The number of nitrogens with two attached hydrogens (primary N) is 1. The van der Waals surface area contributed by atoms with Crippen molar-refractivity contribution in [2.45, 2.75) is 6.92 Å². The van der Waals surface area contributed by atoms with Gasteiger partial charge >= 0.3 is 0 Å². The monoisotopic (exact) mass is 196 g/mol. The van der Waals surface area contributed by atoms with E-state index < -0.39 is 0 Å². The summed E-state index contributed by atoms with van der Waals surface area (Å²) >= 11 is 5.77. The molecule has 0 radical (unpaired) electrons. The molecule has 0 aliphatic heterocycles. The molecule has 0 aliphatic rings. The first kappa shape index (κ1) is 9.69. The van der Waals surface area contributed by atoms with Gasteiger partial charge in [-0.2, -0.15) is 5.26 Å². The van der Waals surface area contributed by atoms with Crippen molar-refractivity contribution >= 4 is 17.3 Å². The Morgan fingerprint density at radius 3 is 2.92 bits per heavy atom. The van der Waals surface area contributed by atoms with Crippen LogP contribution in [-0.2, 0) is 0 Å². The van der Waals surface area contributed by atoms with Crippen LogP contribution in [0.1, 0.15) is 5.56 Å². The highest BCUT2D eigenvalue weighted by molar-refractivity contribution is 6.33. The van der Waals surface area contributed by atoms with Crippen molar-refractivity contribution < 1.29 is 4.74 Å². The molecule has 0 amide bonds. The third-order valence-corrected chi connectivity index (χ3v) is 2.03. The highest BCUT2D eigenvalue weighted by Gasteiger charge is 2.05. The number of ether oxygens (including phenoxy) is 1. The Labute approximate surface area is 81.7 Å². The second kappa shape index (κ2) is 4.01. The molecular weight excluding hydrogens is 188 g/mol. The molecule has 0 unspecified atom stereocenters. The van der Waals surface area contributed by atoms with Crippen molar-refractivity contribution in [1.29, 1.82) is 5.26 Å². The fraction of sp³-hybridized carbons (Fsp3) is 0.222. The van der Waals surface area contributed by atoms with Crippen LogP contribution in [0.2, 0.25) is 5.02 Å². The summed E-state index contributed by atoms with van der Waals surface area (Å²) < 4.78 is 5.12. The third-order valence-electron chi connectivity index (χ3n) is 1.70. The molecule has 0 spiro atoms. The first-order valence-corrected chi connectivity index (χ1v) is 4.09. The number of hydrogen-bond acceptors (Lipinski definition) is 3. The quantitative estimate of drug-likeness (QED) is 0.738. The number of nitriles is 1. The van der Waals surface area contributed by atoms with Crippen molar-refractivity contribution in [3.05, 3.63) is 22.7 Å². The predicted molar refractivity (Wildman–Crippen MR) is 51.7 cm³/mol. The van der Waals surface area contributed by atoms with Crippen LogP contribution in [0, 0.1) is 18.3 Å². The van der Waals surface area contributed by atoms with E-state index in [1.807, 2.05) is 6.07 Å². The number of nitrogen functional groups attached to an aromatic ring is 1. The maximum atomic E-state index is 8.31. The Balaban J connectivity index is 2.98. The van der Waals surface area contributed by atoms with Gasteiger partial charge in [-0.05, 0) is 19.1 Å². The van der Waals surface area contributed by atoms with E-state index in [-0.39, 0.29) is 6.61 Å². The second-order valence-electron chi connectivity index (χ2n) is 2.53. The van der Waals surface area contributed by atoms with E-state index in [4.69, 9.17) is 27.3 Å². The van der Waals surface area contributed by atoms with Crippen LogP contribution in [0.25, 0.3) is 0 Å². The van der Waals surface area contributed by atoms with Gasteiger partial charge in [0.2, 0.25) is 0 Å². The maximum Gasteiger partial charge on any atom is 0.174 e. The van der Waals surface area contributed by atoms with E-state index >= 15 is 0 Å². The normalized spacial score (nSPS) is 9.31. The van der Waals surface area contributed by atoms with E-state index in [2.05, 4.69) is 0 Å². The minimum Gasteiger partial charge on any atom is -0.478 e. The molecule has 0 heterocycles.